The van der Waals surface area contributed by atoms with Crippen molar-refractivity contribution in [3.05, 3.63) is 70.5 Å². The Balaban J connectivity index is 1.43. The molecular weight excluding hydrogens is 361 g/mol. The molecule has 1 amide bonds. The Kier molecular flexibility index (Phi) is 6.37. The van der Waals surface area contributed by atoms with Gasteiger partial charge in [-0.15, -0.1) is 0 Å². The topological polar surface area (TPSA) is 73.2 Å². The van der Waals surface area contributed by atoms with Crippen LogP contribution in [0.25, 0.3) is 10.9 Å². The summed E-state index contributed by atoms with van der Waals surface area (Å²) in [4.78, 5) is 28.8. The van der Waals surface area contributed by atoms with E-state index in [1.807, 2.05) is 19.1 Å². The zero-order valence-electron chi connectivity index (χ0n) is 15.7. The van der Waals surface area contributed by atoms with E-state index < -0.39 is 5.82 Å². The summed E-state index contributed by atoms with van der Waals surface area (Å²) in [7, 11) is 0. The van der Waals surface area contributed by atoms with Crippen LogP contribution in [0.1, 0.15) is 18.4 Å². The average Bonchev–Trinajstić information content (AvgIpc) is 2.69. The molecule has 0 unspecified atom stereocenters. The van der Waals surface area contributed by atoms with Crippen LogP contribution in [0.15, 0.2) is 53.6 Å². The average molecular weight is 383 g/mol. The van der Waals surface area contributed by atoms with E-state index in [4.69, 9.17) is 4.74 Å². The monoisotopic (exact) mass is 383 g/mol. The van der Waals surface area contributed by atoms with Gasteiger partial charge in [-0.05, 0) is 37.1 Å². The molecule has 7 heteroatoms. The molecular formula is C21H22FN3O3. The van der Waals surface area contributed by atoms with Gasteiger partial charge in [-0.1, -0.05) is 24.3 Å². The number of hydrogen-bond acceptors (Lipinski definition) is 4. The number of aromatic nitrogens is 2. The maximum Gasteiger partial charge on any atom is 0.261 e. The molecule has 2 aromatic carbocycles. The van der Waals surface area contributed by atoms with Crippen LogP contribution in [0.5, 0.6) is 5.75 Å². The molecule has 0 aliphatic carbocycles. The highest BCUT2D eigenvalue weighted by atomic mass is 19.1. The van der Waals surface area contributed by atoms with E-state index in [1.165, 1.54) is 23.0 Å². The van der Waals surface area contributed by atoms with Crippen molar-refractivity contribution < 1.29 is 13.9 Å². The normalized spacial score (nSPS) is 10.8. The number of para-hydroxylation sites is 2. The Morgan fingerprint density at radius 3 is 2.86 bits per heavy atom. The highest BCUT2D eigenvalue weighted by molar-refractivity contribution is 5.80. The van der Waals surface area contributed by atoms with Gasteiger partial charge in [-0.3, -0.25) is 14.2 Å². The molecule has 28 heavy (non-hydrogen) atoms. The van der Waals surface area contributed by atoms with Crippen LogP contribution < -0.4 is 15.6 Å². The number of carbonyl (C=O) groups excluding carboxylic acids is 1. The summed E-state index contributed by atoms with van der Waals surface area (Å²) in [6.45, 7) is 2.79. The SMILES string of the molecule is Cc1cccc2c(=O)n(CCCC(=O)NCCOc3ccccc3F)cnc12. The summed E-state index contributed by atoms with van der Waals surface area (Å²) in [5.41, 5.74) is 1.56. The van der Waals surface area contributed by atoms with Gasteiger partial charge in [0, 0.05) is 13.0 Å². The third kappa shape index (κ3) is 4.73. The largest absolute Gasteiger partial charge is 0.489 e. The maximum atomic E-state index is 13.4. The highest BCUT2D eigenvalue weighted by Crippen LogP contribution is 2.14. The van der Waals surface area contributed by atoms with Gasteiger partial charge < -0.3 is 10.1 Å². The first kappa shape index (κ1) is 19.5. The summed E-state index contributed by atoms with van der Waals surface area (Å²) < 4.78 is 20.2. The summed E-state index contributed by atoms with van der Waals surface area (Å²) in [5.74, 6) is -0.414. The molecule has 0 spiro atoms. The smallest absolute Gasteiger partial charge is 0.261 e. The van der Waals surface area contributed by atoms with Gasteiger partial charge in [0.05, 0.1) is 23.8 Å². The first-order valence-electron chi connectivity index (χ1n) is 9.15. The van der Waals surface area contributed by atoms with E-state index in [0.29, 0.717) is 23.9 Å². The number of amides is 1. The molecule has 1 N–H and O–H groups in total. The number of halogens is 1. The number of fused-ring (bicyclic) bond motifs is 1. The van der Waals surface area contributed by atoms with Crippen LogP contribution in [-0.4, -0.2) is 28.6 Å². The first-order valence-corrected chi connectivity index (χ1v) is 9.15. The molecule has 1 heterocycles. The Bertz CT molecular complexity index is 1030. The van der Waals surface area contributed by atoms with Crippen molar-refractivity contribution in [1.29, 1.82) is 0 Å². The van der Waals surface area contributed by atoms with Crippen molar-refractivity contribution >= 4 is 16.8 Å². The van der Waals surface area contributed by atoms with E-state index >= 15 is 0 Å². The number of nitrogens with zero attached hydrogens (tertiary/aromatic N) is 2. The van der Waals surface area contributed by atoms with Crippen LogP contribution in [0.3, 0.4) is 0 Å². The van der Waals surface area contributed by atoms with E-state index in [1.54, 1.807) is 18.2 Å². The van der Waals surface area contributed by atoms with Crippen molar-refractivity contribution in [2.24, 2.45) is 0 Å². The van der Waals surface area contributed by atoms with Crippen molar-refractivity contribution in [2.75, 3.05) is 13.2 Å². The summed E-state index contributed by atoms with van der Waals surface area (Å²) in [6, 6.07) is 11.6. The van der Waals surface area contributed by atoms with Crippen molar-refractivity contribution in [1.82, 2.24) is 14.9 Å². The third-order valence-corrected chi connectivity index (χ3v) is 4.38. The molecule has 0 saturated carbocycles. The minimum atomic E-state index is -0.432. The number of hydrogen-bond donors (Lipinski definition) is 1. The van der Waals surface area contributed by atoms with Crippen LogP contribution in [0.2, 0.25) is 0 Å². The van der Waals surface area contributed by atoms with Gasteiger partial charge in [0.1, 0.15) is 6.61 Å². The zero-order valence-corrected chi connectivity index (χ0v) is 15.7. The predicted octanol–water partition coefficient (Wildman–Crippen LogP) is 2.82. The third-order valence-electron chi connectivity index (χ3n) is 4.38. The number of aryl methyl sites for hydroxylation is 2. The van der Waals surface area contributed by atoms with E-state index in [2.05, 4.69) is 10.3 Å². The zero-order chi connectivity index (χ0) is 19.9. The molecule has 6 nitrogen and oxygen atoms in total. The number of nitrogens with one attached hydrogen (secondary N) is 1. The Labute approximate surface area is 162 Å². The molecule has 0 fully saturated rings. The number of benzene rings is 2. The Morgan fingerprint density at radius 1 is 1.21 bits per heavy atom. The van der Waals surface area contributed by atoms with Gasteiger partial charge in [0.25, 0.3) is 5.56 Å². The fourth-order valence-electron chi connectivity index (χ4n) is 2.91. The molecule has 1 aromatic heterocycles. The van der Waals surface area contributed by atoms with Gasteiger partial charge in [-0.2, -0.15) is 0 Å². The summed E-state index contributed by atoms with van der Waals surface area (Å²) >= 11 is 0. The summed E-state index contributed by atoms with van der Waals surface area (Å²) in [5, 5.41) is 3.30. The van der Waals surface area contributed by atoms with Crippen LogP contribution in [-0.2, 0) is 11.3 Å². The van der Waals surface area contributed by atoms with Crippen molar-refractivity contribution in [3.8, 4) is 5.75 Å². The van der Waals surface area contributed by atoms with Gasteiger partial charge in [-0.25, -0.2) is 9.37 Å². The van der Waals surface area contributed by atoms with Crippen LogP contribution in [0.4, 0.5) is 4.39 Å². The molecule has 146 valence electrons. The second kappa shape index (κ2) is 9.12. The minimum absolute atomic E-state index is 0.104. The molecule has 0 aliphatic rings. The molecule has 0 bridgehead atoms. The molecule has 0 saturated heterocycles. The van der Waals surface area contributed by atoms with Crippen LogP contribution in [0, 0.1) is 12.7 Å². The second-order valence-corrected chi connectivity index (χ2v) is 6.45. The Hall–Kier alpha value is -3.22. The lowest BCUT2D eigenvalue weighted by atomic mass is 10.1. The highest BCUT2D eigenvalue weighted by Gasteiger charge is 2.07. The van der Waals surface area contributed by atoms with Crippen molar-refractivity contribution in [3.63, 3.8) is 0 Å². The fourth-order valence-corrected chi connectivity index (χ4v) is 2.91. The lowest BCUT2D eigenvalue weighted by Gasteiger charge is -2.09. The van der Waals surface area contributed by atoms with Gasteiger partial charge in [0.15, 0.2) is 11.6 Å². The minimum Gasteiger partial charge on any atom is -0.489 e. The number of ether oxygens (including phenoxy) is 1. The lowest BCUT2D eigenvalue weighted by molar-refractivity contribution is -0.121. The quantitative estimate of drug-likeness (QED) is 0.607. The fraction of sp³-hybridized carbons (Fsp3) is 0.286. The van der Waals surface area contributed by atoms with E-state index in [9.17, 15) is 14.0 Å². The molecule has 0 atom stereocenters. The molecule has 3 rings (SSSR count). The number of carbonyl (C=O) groups is 1. The maximum absolute atomic E-state index is 13.4. The first-order chi connectivity index (χ1) is 13.6. The molecule has 3 aromatic rings. The summed E-state index contributed by atoms with van der Waals surface area (Å²) in [6.07, 6.45) is 2.31. The van der Waals surface area contributed by atoms with Gasteiger partial charge >= 0.3 is 0 Å². The van der Waals surface area contributed by atoms with E-state index in [0.717, 1.165) is 5.56 Å². The number of rotatable bonds is 8. The lowest BCUT2D eigenvalue weighted by Crippen LogP contribution is -2.28. The predicted molar refractivity (Wildman–Crippen MR) is 105 cm³/mol. The molecule has 0 aliphatic heterocycles. The Morgan fingerprint density at radius 2 is 2.04 bits per heavy atom. The molecule has 0 radical (unpaired) electrons. The van der Waals surface area contributed by atoms with Crippen molar-refractivity contribution in [2.45, 2.75) is 26.3 Å². The van der Waals surface area contributed by atoms with E-state index in [-0.39, 0.29) is 36.8 Å². The van der Waals surface area contributed by atoms with Gasteiger partial charge in [0.2, 0.25) is 5.91 Å². The van der Waals surface area contributed by atoms with Crippen LogP contribution >= 0.6 is 0 Å². The second-order valence-electron chi connectivity index (χ2n) is 6.45. The standard InChI is InChI=1S/C21H22FN3O3/c1-15-6-4-7-16-20(15)24-14-25(21(16)27)12-5-10-19(26)23-11-13-28-18-9-3-2-8-17(18)22/h2-4,6-9,14H,5,10-13H2,1H3,(H,23,26).